The number of halogens is 1. The van der Waals surface area contributed by atoms with E-state index >= 15 is 0 Å². The van der Waals surface area contributed by atoms with Gasteiger partial charge >= 0.3 is 0 Å². The number of benzene rings is 1. The zero-order valence-electron chi connectivity index (χ0n) is 14.8. The topological polar surface area (TPSA) is 29.3 Å². The smallest absolute Gasteiger partial charge is 0.0440 e. The molecular weight excluding hydrogens is 316 g/mol. The van der Waals surface area contributed by atoms with Crippen molar-refractivity contribution in [2.45, 2.75) is 63.8 Å². The highest BCUT2D eigenvalue weighted by Gasteiger charge is 2.31. The van der Waals surface area contributed by atoms with Crippen molar-refractivity contribution in [3.05, 3.63) is 46.6 Å². The van der Waals surface area contributed by atoms with E-state index in [-0.39, 0.29) is 0 Å². The standard InChI is InChI=1S/C21H31ClN2/c1-16-18(11-13-24(16)20-7-3-2-4-8-20)15-19-10-9-17(6-5-12-23)14-21(19)22/h9-10,14,18,20H,1-8,11-13,15,23H2. The molecule has 0 spiro atoms. The molecule has 2 nitrogen and oxygen atoms in total. The highest BCUT2D eigenvalue weighted by atomic mass is 35.5. The first-order valence-corrected chi connectivity index (χ1v) is 9.99. The molecular formula is C21H31ClN2. The Morgan fingerprint density at radius 1 is 1.17 bits per heavy atom. The van der Waals surface area contributed by atoms with E-state index in [9.17, 15) is 0 Å². The third-order valence-electron chi connectivity index (χ3n) is 5.83. The van der Waals surface area contributed by atoms with E-state index in [2.05, 4.69) is 29.7 Å². The van der Waals surface area contributed by atoms with Gasteiger partial charge in [0.15, 0.2) is 0 Å². The summed E-state index contributed by atoms with van der Waals surface area (Å²) < 4.78 is 0. The first-order chi connectivity index (χ1) is 11.7. The van der Waals surface area contributed by atoms with Gasteiger partial charge in [-0.15, -0.1) is 0 Å². The van der Waals surface area contributed by atoms with Crippen molar-refractivity contribution in [2.24, 2.45) is 11.7 Å². The van der Waals surface area contributed by atoms with E-state index < -0.39 is 0 Å². The van der Waals surface area contributed by atoms with Crippen LogP contribution in [0.1, 0.15) is 56.1 Å². The van der Waals surface area contributed by atoms with E-state index in [4.69, 9.17) is 17.3 Å². The van der Waals surface area contributed by atoms with Crippen molar-refractivity contribution in [1.29, 1.82) is 0 Å². The maximum atomic E-state index is 6.55. The minimum Gasteiger partial charge on any atom is -0.372 e. The van der Waals surface area contributed by atoms with E-state index in [1.54, 1.807) is 0 Å². The van der Waals surface area contributed by atoms with Gasteiger partial charge in [0.2, 0.25) is 0 Å². The molecule has 1 atom stereocenters. The van der Waals surface area contributed by atoms with Gasteiger partial charge in [0, 0.05) is 29.2 Å². The summed E-state index contributed by atoms with van der Waals surface area (Å²) in [6.45, 7) is 6.36. The SMILES string of the molecule is C=C1C(Cc2ccc(CCCN)cc2Cl)CCN1C1CCCCC1. The molecule has 1 saturated heterocycles. The van der Waals surface area contributed by atoms with E-state index in [1.165, 1.54) is 61.9 Å². The van der Waals surface area contributed by atoms with Crippen LogP contribution in [0.3, 0.4) is 0 Å². The summed E-state index contributed by atoms with van der Waals surface area (Å²) >= 11 is 6.55. The van der Waals surface area contributed by atoms with Gasteiger partial charge in [-0.1, -0.05) is 49.6 Å². The zero-order valence-corrected chi connectivity index (χ0v) is 15.5. The summed E-state index contributed by atoms with van der Waals surface area (Å²) in [7, 11) is 0. The van der Waals surface area contributed by atoms with E-state index in [0.29, 0.717) is 5.92 Å². The molecule has 3 rings (SSSR count). The van der Waals surface area contributed by atoms with Crippen molar-refractivity contribution in [3.63, 3.8) is 0 Å². The first kappa shape index (κ1) is 17.8. The minimum absolute atomic E-state index is 0.555. The second kappa shape index (κ2) is 8.40. The summed E-state index contributed by atoms with van der Waals surface area (Å²) in [6, 6.07) is 7.30. The molecule has 1 aliphatic heterocycles. The van der Waals surface area contributed by atoms with Crippen LogP contribution in [-0.2, 0) is 12.8 Å². The van der Waals surface area contributed by atoms with Gasteiger partial charge in [0.1, 0.15) is 0 Å². The number of hydrogen-bond donors (Lipinski definition) is 1. The summed E-state index contributed by atoms with van der Waals surface area (Å²) in [5, 5.41) is 0.911. The number of nitrogens with two attached hydrogens (primary N) is 1. The monoisotopic (exact) mass is 346 g/mol. The fourth-order valence-electron chi connectivity index (χ4n) is 4.35. The molecule has 1 heterocycles. The second-order valence-electron chi connectivity index (χ2n) is 7.48. The number of rotatable bonds is 6. The molecule has 0 radical (unpaired) electrons. The average Bonchev–Trinajstić information content (AvgIpc) is 2.96. The normalized spacial score (nSPS) is 22.3. The quantitative estimate of drug-likeness (QED) is 0.790. The highest BCUT2D eigenvalue weighted by molar-refractivity contribution is 6.31. The lowest BCUT2D eigenvalue weighted by Crippen LogP contribution is -2.33. The lowest BCUT2D eigenvalue weighted by Gasteiger charge is -2.34. The van der Waals surface area contributed by atoms with Crippen molar-refractivity contribution in [3.8, 4) is 0 Å². The second-order valence-corrected chi connectivity index (χ2v) is 7.89. The van der Waals surface area contributed by atoms with E-state index in [0.717, 1.165) is 36.9 Å². The van der Waals surface area contributed by atoms with Crippen LogP contribution in [0.25, 0.3) is 0 Å². The average molecular weight is 347 g/mol. The van der Waals surface area contributed by atoms with E-state index in [1.807, 2.05) is 0 Å². The molecule has 2 fully saturated rings. The Balaban J connectivity index is 1.61. The molecule has 1 saturated carbocycles. The lowest BCUT2D eigenvalue weighted by atomic mass is 9.93. The van der Waals surface area contributed by atoms with Crippen LogP contribution in [0.4, 0.5) is 0 Å². The third kappa shape index (κ3) is 4.15. The predicted octanol–water partition coefficient (Wildman–Crippen LogP) is 4.94. The molecule has 1 aromatic carbocycles. The molecule has 2 N–H and O–H groups in total. The molecule has 24 heavy (non-hydrogen) atoms. The fourth-order valence-corrected chi connectivity index (χ4v) is 4.63. The van der Waals surface area contributed by atoms with Crippen molar-refractivity contribution >= 4 is 11.6 Å². The largest absolute Gasteiger partial charge is 0.372 e. The van der Waals surface area contributed by atoms with Crippen LogP contribution < -0.4 is 5.73 Å². The third-order valence-corrected chi connectivity index (χ3v) is 6.18. The van der Waals surface area contributed by atoms with Crippen LogP contribution in [-0.4, -0.2) is 24.0 Å². The Kier molecular flexibility index (Phi) is 6.24. The maximum absolute atomic E-state index is 6.55. The summed E-state index contributed by atoms with van der Waals surface area (Å²) in [4.78, 5) is 2.60. The predicted molar refractivity (Wildman–Crippen MR) is 103 cm³/mol. The molecule has 0 amide bonds. The fraction of sp³-hybridized carbons (Fsp3) is 0.619. The molecule has 1 unspecified atom stereocenters. The Morgan fingerprint density at radius 2 is 1.96 bits per heavy atom. The Bertz CT molecular complexity index is 563. The van der Waals surface area contributed by atoms with Crippen molar-refractivity contribution in [2.75, 3.05) is 13.1 Å². The molecule has 0 aromatic heterocycles. The van der Waals surface area contributed by atoms with Crippen LogP contribution in [0.2, 0.25) is 5.02 Å². The van der Waals surface area contributed by atoms with Gasteiger partial charge in [-0.25, -0.2) is 0 Å². The summed E-state index contributed by atoms with van der Waals surface area (Å²) in [5.74, 6) is 0.555. The Labute approximate surface area is 152 Å². The lowest BCUT2D eigenvalue weighted by molar-refractivity contribution is 0.222. The molecule has 3 heteroatoms. The number of aryl methyl sites for hydroxylation is 1. The van der Waals surface area contributed by atoms with Gasteiger partial charge in [0.25, 0.3) is 0 Å². The Morgan fingerprint density at radius 3 is 2.67 bits per heavy atom. The van der Waals surface area contributed by atoms with Gasteiger partial charge in [-0.3, -0.25) is 0 Å². The number of likely N-dealkylation sites (tertiary alicyclic amines) is 1. The Hall–Kier alpha value is -0.990. The van der Waals surface area contributed by atoms with Crippen LogP contribution in [0.15, 0.2) is 30.5 Å². The van der Waals surface area contributed by atoms with Gasteiger partial charge in [-0.05, 0) is 62.3 Å². The van der Waals surface area contributed by atoms with Crippen LogP contribution >= 0.6 is 11.6 Å². The molecule has 1 aromatic rings. The molecule has 1 aliphatic carbocycles. The molecule has 132 valence electrons. The van der Waals surface area contributed by atoms with Gasteiger partial charge in [-0.2, -0.15) is 0 Å². The summed E-state index contributed by atoms with van der Waals surface area (Å²) in [5.41, 5.74) is 9.51. The van der Waals surface area contributed by atoms with Crippen molar-refractivity contribution < 1.29 is 0 Å². The van der Waals surface area contributed by atoms with Gasteiger partial charge in [0.05, 0.1) is 0 Å². The first-order valence-electron chi connectivity index (χ1n) is 9.62. The zero-order chi connectivity index (χ0) is 16.9. The maximum Gasteiger partial charge on any atom is 0.0440 e. The molecule has 2 aliphatic rings. The van der Waals surface area contributed by atoms with Gasteiger partial charge < -0.3 is 10.6 Å². The minimum atomic E-state index is 0.555. The highest BCUT2D eigenvalue weighted by Crippen LogP contribution is 2.36. The number of hydrogen-bond acceptors (Lipinski definition) is 2. The molecule has 0 bridgehead atoms. The van der Waals surface area contributed by atoms with Crippen LogP contribution in [0, 0.1) is 5.92 Å². The van der Waals surface area contributed by atoms with Crippen molar-refractivity contribution in [1.82, 2.24) is 4.90 Å². The number of nitrogens with zero attached hydrogens (tertiary/aromatic N) is 1. The summed E-state index contributed by atoms with van der Waals surface area (Å²) in [6.07, 6.45) is 11.2. The number of allylic oxidation sites excluding steroid dienone is 1. The van der Waals surface area contributed by atoms with Crippen LogP contribution in [0.5, 0.6) is 0 Å².